The van der Waals surface area contributed by atoms with Crippen LogP contribution in [0.3, 0.4) is 0 Å². The van der Waals surface area contributed by atoms with E-state index >= 15 is 0 Å². The molecule has 1 aromatic rings. The van der Waals surface area contributed by atoms with Gasteiger partial charge in [-0.2, -0.15) is 0 Å². The molecule has 0 aromatic carbocycles. The van der Waals surface area contributed by atoms with Gasteiger partial charge in [0.25, 0.3) is 0 Å². The molecule has 1 heterocycles. The van der Waals surface area contributed by atoms with Gasteiger partial charge in [-0.05, 0) is 47.3 Å². The largest absolute Gasteiger partial charge is 0.393 e. The highest BCUT2D eigenvalue weighted by Crippen LogP contribution is 2.17. The molecule has 4 heteroatoms. The molecule has 1 unspecified atom stereocenters. The third-order valence-corrected chi connectivity index (χ3v) is 3.13. The summed E-state index contributed by atoms with van der Waals surface area (Å²) in [5.74, 6) is 0.860. The molecular weight excluding hydrogens is 256 g/mol. The van der Waals surface area contributed by atoms with Crippen LogP contribution in [0.25, 0.3) is 0 Å². The van der Waals surface area contributed by atoms with Crippen LogP contribution in [0.4, 0.5) is 5.82 Å². The second kappa shape index (κ2) is 6.08. The summed E-state index contributed by atoms with van der Waals surface area (Å²) >= 11 is 3.40. The number of anilines is 1. The zero-order valence-corrected chi connectivity index (χ0v) is 10.7. The highest BCUT2D eigenvalue weighted by molar-refractivity contribution is 9.10. The molecule has 0 saturated heterocycles. The fourth-order valence-electron chi connectivity index (χ4n) is 1.21. The fourth-order valence-corrected chi connectivity index (χ4v) is 1.42. The smallest absolute Gasteiger partial charge is 0.126 e. The maximum absolute atomic E-state index is 9.37. The quantitative estimate of drug-likeness (QED) is 0.867. The van der Waals surface area contributed by atoms with Gasteiger partial charge in [0.2, 0.25) is 0 Å². The van der Waals surface area contributed by atoms with Crippen LogP contribution >= 0.6 is 15.9 Å². The summed E-state index contributed by atoms with van der Waals surface area (Å²) in [5, 5.41) is 12.6. The Morgan fingerprint density at radius 1 is 1.60 bits per heavy atom. The number of pyridine rings is 1. The number of nitrogens with zero attached hydrogens (tertiary/aromatic N) is 1. The average molecular weight is 273 g/mol. The highest BCUT2D eigenvalue weighted by Gasteiger charge is 2.01. The lowest BCUT2D eigenvalue weighted by molar-refractivity contribution is 0.164. The minimum Gasteiger partial charge on any atom is -0.393 e. The predicted molar refractivity (Wildman–Crippen MR) is 66.1 cm³/mol. The standard InChI is InChI=1S/C11H17BrN2O/c1-3-9(15)4-5-13-11-6-8(2)10(12)7-14-11/h6-7,9,15H,3-5H2,1-2H3,(H,13,14). The SMILES string of the molecule is CCC(O)CCNc1cc(C)c(Br)cn1. The van der Waals surface area contributed by atoms with Crippen LogP contribution in [0.1, 0.15) is 25.3 Å². The van der Waals surface area contributed by atoms with Crippen LogP contribution in [0, 0.1) is 6.92 Å². The lowest BCUT2D eigenvalue weighted by atomic mass is 10.2. The Balaban J connectivity index is 2.41. The van der Waals surface area contributed by atoms with Gasteiger partial charge in [0.1, 0.15) is 5.82 Å². The molecule has 0 aliphatic heterocycles. The van der Waals surface area contributed by atoms with E-state index in [0.29, 0.717) is 0 Å². The lowest BCUT2D eigenvalue weighted by Crippen LogP contribution is -2.12. The minimum absolute atomic E-state index is 0.214. The number of hydrogen-bond acceptors (Lipinski definition) is 3. The van der Waals surface area contributed by atoms with E-state index in [1.54, 1.807) is 6.20 Å². The van der Waals surface area contributed by atoms with Crippen LogP contribution in [-0.2, 0) is 0 Å². The Labute approximate surface area is 99.1 Å². The van der Waals surface area contributed by atoms with Crippen molar-refractivity contribution in [1.29, 1.82) is 0 Å². The van der Waals surface area contributed by atoms with Crippen LogP contribution in [0.2, 0.25) is 0 Å². The van der Waals surface area contributed by atoms with Gasteiger partial charge in [-0.25, -0.2) is 4.98 Å². The number of aromatic nitrogens is 1. The van der Waals surface area contributed by atoms with Gasteiger partial charge in [-0.15, -0.1) is 0 Å². The lowest BCUT2D eigenvalue weighted by Gasteiger charge is -2.09. The molecule has 0 amide bonds. The van der Waals surface area contributed by atoms with Crippen LogP contribution < -0.4 is 5.32 Å². The van der Waals surface area contributed by atoms with Crippen LogP contribution in [0.5, 0.6) is 0 Å². The van der Waals surface area contributed by atoms with Crippen LogP contribution in [0.15, 0.2) is 16.7 Å². The van der Waals surface area contributed by atoms with E-state index in [9.17, 15) is 5.11 Å². The first-order valence-electron chi connectivity index (χ1n) is 5.17. The van der Waals surface area contributed by atoms with E-state index in [4.69, 9.17) is 0 Å². The third-order valence-electron chi connectivity index (χ3n) is 2.30. The van der Waals surface area contributed by atoms with E-state index in [1.165, 1.54) is 0 Å². The maximum atomic E-state index is 9.37. The first kappa shape index (κ1) is 12.5. The zero-order valence-electron chi connectivity index (χ0n) is 9.13. The molecular formula is C11H17BrN2O. The normalized spacial score (nSPS) is 12.5. The van der Waals surface area contributed by atoms with Gasteiger partial charge in [0.05, 0.1) is 6.10 Å². The molecule has 1 aromatic heterocycles. The predicted octanol–water partition coefficient (Wildman–Crippen LogP) is 2.73. The number of hydrogen-bond donors (Lipinski definition) is 2. The van der Waals surface area contributed by atoms with Crippen molar-refractivity contribution in [2.24, 2.45) is 0 Å². The topological polar surface area (TPSA) is 45.1 Å². The van der Waals surface area contributed by atoms with Crippen molar-refractivity contribution in [1.82, 2.24) is 4.98 Å². The Morgan fingerprint density at radius 2 is 2.33 bits per heavy atom. The first-order chi connectivity index (χ1) is 7.13. The van der Waals surface area contributed by atoms with Gasteiger partial charge in [-0.3, -0.25) is 0 Å². The molecule has 0 saturated carbocycles. The molecule has 1 atom stereocenters. The zero-order chi connectivity index (χ0) is 11.3. The first-order valence-corrected chi connectivity index (χ1v) is 5.97. The summed E-state index contributed by atoms with van der Waals surface area (Å²) in [7, 11) is 0. The average Bonchev–Trinajstić information content (AvgIpc) is 2.23. The fraction of sp³-hybridized carbons (Fsp3) is 0.545. The van der Waals surface area contributed by atoms with Crippen molar-refractivity contribution in [3.63, 3.8) is 0 Å². The summed E-state index contributed by atoms with van der Waals surface area (Å²) < 4.78 is 1.02. The number of nitrogens with one attached hydrogen (secondary N) is 1. The van der Waals surface area contributed by atoms with Crippen molar-refractivity contribution in [2.75, 3.05) is 11.9 Å². The van der Waals surface area contributed by atoms with Crippen molar-refractivity contribution in [3.8, 4) is 0 Å². The van der Waals surface area contributed by atoms with Gasteiger partial charge in [0, 0.05) is 17.2 Å². The molecule has 0 spiro atoms. The van der Waals surface area contributed by atoms with Crippen LogP contribution in [-0.4, -0.2) is 22.7 Å². The second-order valence-corrected chi connectivity index (χ2v) is 4.45. The van der Waals surface area contributed by atoms with E-state index in [0.717, 1.165) is 35.2 Å². The number of aryl methyl sites for hydroxylation is 1. The molecule has 0 bridgehead atoms. The Morgan fingerprint density at radius 3 is 2.93 bits per heavy atom. The molecule has 84 valence electrons. The Kier molecular flexibility index (Phi) is 5.05. The summed E-state index contributed by atoms with van der Waals surface area (Å²) in [5.41, 5.74) is 1.16. The van der Waals surface area contributed by atoms with Gasteiger partial charge >= 0.3 is 0 Å². The van der Waals surface area contributed by atoms with Crippen molar-refractivity contribution in [2.45, 2.75) is 32.8 Å². The van der Waals surface area contributed by atoms with Gasteiger partial charge < -0.3 is 10.4 Å². The molecule has 3 nitrogen and oxygen atoms in total. The monoisotopic (exact) mass is 272 g/mol. The number of aliphatic hydroxyl groups is 1. The molecule has 15 heavy (non-hydrogen) atoms. The van der Waals surface area contributed by atoms with E-state index in [-0.39, 0.29) is 6.10 Å². The number of rotatable bonds is 5. The third kappa shape index (κ3) is 4.18. The summed E-state index contributed by atoms with van der Waals surface area (Å²) in [6, 6.07) is 1.99. The molecule has 0 aliphatic rings. The minimum atomic E-state index is -0.214. The number of halogens is 1. The van der Waals surface area contributed by atoms with Crippen molar-refractivity contribution < 1.29 is 5.11 Å². The number of aliphatic hydroxyl groups excluding tert-OH is 1. The summed E-state index contributed by atoms with van der Waals surface area (Å²) in [6.45, 7) is 4.76. The highest BCUT2D eigenvalue weighted by atomic mass is 79.9. The summed E-state index contributed by atoms with van der Waals surface area (Å²) in [4.78, 5) is 4.22. The second-order valence-electron chi connectivity index (χ2n) is 3.60. The van der Waals surface area contributed by atoms with E-state index < -0.39 is 0 Å². The van der Waals surface area contributed by atoms with Crippen molar-refractivity contribution in [3.05, 3.63) is 22.3 Å². The van der Waals surface area contributed by atoms with Gasteiger partial charge in [-0.1, -0.05) is 6.92 Å². The Bertz CT molecular complexity index is 317. The molecule has 0 fully saturated rings. The van der Waals surface area contributed by atoms with Crippen molar-refractivity contribution >= 4 is 21.7 Å². The van der Waals surface area contributed by atoms with E-state index in [2.05, 4.69) is 26.2 Å². The molecule has 0 radical (unpaired) electrons. The molecule has 0 aliphatic carbocycles. The molecule has 2 N–H and O–H groups in total. The molecule has 1 rings (SSSR count). The Hall–Kier alpha value is -0.610. The summed E-state index contributed by atoms with van der Waals surface area (Å²) in [6.07, 6.45) is 3.13. The maximum Gasteiger partial charge on any atom is 0.126 e. The van der Waals surface area contributed by atoms with E-state index in [1.807, 2.05) is 19.9 Å². The van der Waals surface area contributed by atoms with Gasteiger partial charge in [0.15, 0.2) is 0 Å².